The largest absolute Gasteiger partial charge is 0.497 e. The molecule has 1 spiro atoms. The van der Waals surface area contributed by atoms with E-state index in [0.29, 0.717) is 17.9 Å². The molecule has 1 aromatic carbocycles. The standard InChI is InChI=1S/C26H31BrN2O7/c1-4-11-28(16-7-9-17(34-3)10-8-16)24(32)22-26-15-18(27)21(36-26)19(25(33)35-14-5-2)20(26)23(31)29(22)12-6-13-30/h4-5,7-10,18-22,30H,1-2,6,11-15H2,3H3/t18?,19-,20+,21-,22?,26?/m1/s1. The predicted molar refractivity (Wildman–Crippen MR) is 136 cm³/mol. The second-order valence-corrected chi connectivity index (χ2v) is 10.3. The molecule has 3 unspecified atom stereocenters. The van der Waals surface area contributed by atoms with E-state index < -0.39 is 35.6 Å². The maximum absolute atomic E-state index is 14.3. The van der Waals surface area contributed by atoms with Crippen molar-refractivity contribution in [3.63, 3.8) is 0 Å². The molecule has 3 aliphatic heterocycles. The summed E-state index contributed by atoms with van der Waals surface area (Å²) in [4.78, 5) is 43.9. The molecule has 0 saturated carbocycles. The number of anilines is 1. The fourth-order valence-electron chi connectivity index (χ4n) is 5.76. The normalized spacial score (nSPS) is 30.1. The highest BCUT2D eigenvalue weighted by Crippen LogP contribution is 2.60. The zero-order chi connectivity index (χ0) is 26.0. The van der Waals surface area contributed by atoms with Gasteiger partial charge in [0, 0.05) is 30.2 Å². The Morgan fingerprint density at radius 1 is 1.31 bits per heavy atom. The molecule has 1 aromatic rings. The molecular formula is C26H31BrN2O7. The summed E-state index contributed by atoms with van der Waals surface area (Å²) in [5.74, 6) is -2.28. The fraction of sp³-hybridized carbons (Fsp3) is 0.500. The van der Waals surface area contributed by atoms with Crippen molar-refractivity contribution in [1.29, 1.82) is 0 Å². The number of methoxy groups -OCH3 is 1. The quantitative estimate of drug-likeness (QED) is 0.250. The van der Waals surface area contributed by atoms with E-state index in [0.717, 1.165) is 0 Å². The van der Waals surface area contributed by atoms with Gasteiger partial charge in [-0.1, -0.05) is 34.7 Å². The minimum atomic E-state index is -1.20. The van der Waals surface area contributed by atoms with E-state index in [2.05, 4.69) is 29.1 Å². The van der Waals surface area contributed by atoms with Crippen molar-refractivity contribution in [3.05, 3.63) is 49.6 Å². The average molecular weight is 563 g/mol. The minimum Gasteiger partial charge on any atom is -0.497 e. The predicted octanol–water partition coefficient (Wildman–Crippen LogP) is 2.07. The first-order chi connectivity index (χ1) is 17.3. The molecule has 10 heteroatoms. The van der Waals surface area contributed by atoms with Gasteiger partial charge in [-0.2, -0.15) is 0 Å². The van der Waals surface area contributed by atoms with E-state index in [-0.39, 0.29) is 49.4 Å². The number of fused-ring (bicyclic) bond motifs is 1. The van der Waals surface area contributed by atoms with Crippen LogP contribution >= 0.6 is 15.9 Å². The molecule has 2 amide bonds. The lowest BCUT2D eigenvalue weighted by Gasteiger charge is -2.37. The SMILES string of the molecule is C=CCOC(=O)[C@H]1[C@@H]2OC3(CC2Br)C(C(=O)N(CC=C)c2ccc(OC)cc2)N(CCCO)C(=O)[C@H]13. The summed E-state index contributed by atoms with van der Waals surface area (Å²) in [6, 6.07) is 6.05. The molecule has 0 radical (unpaired) electrons. The summed E-state index contributed by atoms with van der Waals surface area (Å²) in [5, 5.41) is 9.49. The second-order valence-electron chi connectivity index (χ2n) is 9.13. The Bertz CT molecular complexity index is 1030. The van der Waals surface area contributed by atoms with Crippen LogP contribution in [-0.4, -0.2) is 83.8 Å². The number of rotatable bonds is 11. The molecule has 0 aliphatic carbocycles. The van der Waals surface area contributed by atoms with Crippen LogP contribution < -0.4 is 9.64 Å². The van der Waals surface area contributed by atoms with Crippen LogP contribution in [0.2, 0.25) is 0 Å². The molecule has 3 aliphatic rings. The molecule has 1 N–H and O–H groups in total. The summed E-state index contributed by atoms with van der Waals surface area (Å²) in [5.41, 5.74) is -0.591. The first kappa shape index (κ1) is 26.4. The number of hydrogen-bond acceptors (Lipinski definition) is 7. The van der Waals surface area contributed by atoms with E-state index in [1.54, 1.807) is 42.4 Å². The molecule has 3 fully saturated rings. The Labute approximate surface area is 218 Å². The monoisotopic (exact) mass is 562 g/mol. The summed E-state index contributed by atoms with van der Waals surface area (Å²) in [7, 11) is 1.56. The minimum absolute atomic E-state index is 0.0179. The molecule has 2 bridgehead atoms. The van der Waals surface area contributed by atoms with Gasteiger partial charge in [-0.25, -0.2) is 0 Å². The van der Waals surface area contributed by atoms with Crippen LogP contribution in [-0.2, 0) is 23.9 Å². The molecule has 3 heterocycles. The van der Waals surface area contributed by atoms with Gasteiger partial charge in [0.1, 0.15) is 24.0 Å². The lowest BCUT2D eigenvalue weighted by atomic mass is 9.70. The van der Waals surface area contributed by atoms with Gasteiger partial charge in [-0.3, -0.25) is 14.4 Å². The van der Waals surface area contributed by atoms with Crippen molar-refractivity contribution in [2.45, 2.75) is 35.4 Å². The number of aliphatic hydroxyl groups is 1. The summed E-state index contributed by atoms with van der Waals surface area (Å²) in [6.45, 7) is 7.61. The van der Waals surface area contributed by atoms with Crippen LogP contribution in [0.15, 0.2) is 49.6 Å². The molecule has 36 heavy (non-hydrogen) atoms. The van der Waals surface area contributed by atoms with Crippen molar-refractivity contribution in [1.82, 2.24) is 4.90 Å². The first-order valence-corrected chi connectivity index (χ1v) is 12.8. The number of amides is 2. The smallest absolute Gasteiger partial charge is 0.312 e. The number of hydrogen-bond donors (Lipinski definition) is 1. The summed E-state index contributed by atoms with van der Waals surface area (Å²) in [6.07, 6.45) is 3.15. The van der Waals surface area contributed by atoms with Gasteiger partial charge in [-0.05, 0) is 37.1 Å². The number of halogens is 1. The van der Waals surface area contributed by atoms with E-state index in [1.165, 1.54) is 11.0 Å². The zero-order valence-corrected chi connectivity index (χ0v) is 21.8. The number of esters is 1. The third-order valence-electron chi connectivity index (χ3n) is 7.16. The Kier molecular flexibility index (Phi) is 7.87. The van der Waals surface area contributed by atoms with Crippen molar-refractivity contribution in [3.8, 4) is 5.75 Å². The van der Waals surface area contributed by atoms with Gasteiger partial charge in [0.2, 0.25) is 5.91 Å². The Balaban J connectivity index is 1.75. The summed E-state index contributed by atoms with van der Waals surface area (Å²) >= 11 is 3.62. The van der Waals surface area contributed by atoms with Gasteiger partial charge in [0.25, 0.3) is 5.91 Å². The highest BCUT2D eigenvalue weighted by molar-refractivity contribution is 9.09. The number of likely N-dealkylation sites (tertiary alicyclic amines) is 1. The van der Waals surface area contributed by atoms with Gasteiger partial charge in [-0.15, -0.1) is 6.58 Å². The maximum Gasteiger partial charge on any atom is 0.312 e. The third kappa shape index (κ3) is 4.25. The molecule has 194 valence electrons. The van der Waals surface area contributed by atoms with Crippen LogP contribution in [0, 0.1) is 11.8 Å². The molecule has 3 saturated heterocycles. The number of aliphatic hydroxyl groups excluding tert-OH is 1. The lowest BCUT2D eigenvalue weighted by Crippen LogP contribution is -2.57. The van der Waals surface area contributed by atoms with Gasteiger partial charge in [0.15, 0.2) is 0 Å². The van der Waals surface area contributed by atoms with Crippen LogP contribution in [0.4, 0.5) is 5.69 Å². The molecule has 0 aromatic heterocycles. The molecule has 6 atom stereocenters. The number of benzene rings is 1. The Morgan fingerprint density at radius 2 is 2.03 bits per heavy atom. The molecular weight excluding hydrogens is 532 g/mol. The topological polar surface area (TPSA) is 106 Å². The van der Waals surface area contributed by atoms with Crippen LogP contribution in [0.5, 0.6) is 5.75 Å². The van der Waals surface area contributed by atoms with Crippen LogP contribution in [0.25, 0.3) is 0 Å². The van der Waals surface area contributed by atoms with Gasteiger partial charge >= 0.3 is 5.97 Å². The van der Waals surface area contributed by atoms with E-state index in [9.17, 15) is 19.5 Å². The maximum atomic E-state index is 14.3. The average Bonchev–Trinajstić information content (AvgIpc) is 3.47. The Morgan fingerprint density at radius 3 is 2.64 bits per heavy atom. The van der Waals surface area contributed by atoms with Crippen LogP contribution in [0.1, 0.15) is 12.8 Å². The zero-order valence-electron chi connectivity index (χ0n) is 20.2. The highest BCUT2D eigenvalue weighted by Gasteiger charge is 2.77. The lowest BCUT2D eigenvalue weighted by molar-refractivity contribution is -0.153. The third-order valence-corrected chi connectivity index (χ3v) is 8.00. The van der Waals surface area contributed by atoms with Crippen molar-refractivity contribution >= 4 is 39.4 Å². The number of carbonyl (C=O) groups excluding carboxylic acids is 3. The van der Waals surface area contributed by atoms with Gasteiger partial charge in [0.05, 0.1) is 25.0 Å². The van der Waals surface area contributed by atoms with Crippen molar-refractivity contribution in [2.24, 2.45) is 11.8 Å². The van der Waals surface area contributed by atoms with Crippen molar-refractivity contribution in [2.75, 3.05) is 38.3 Å². The number of ether oxygens (including phenoxy) is 3. The van der Waals surface area contributed by atoms with E-state index in [1.807, 2.05) is 0 Å². The first-order valence-electron chi connectivity index (χ1n) is 11.9. The number of nitrogens with zero attached hydrogens (tertiary/aromatic N) is 2. The Hall–Kier alpha value is -2.69. The molecule has 4 rings (SSSR count). The second kappa shape index (κ2) is 10.7. The van der Waals surface area contributed by atoms with Crippen LogP contribution in [0.3, 0.4) is 0 Å². The van der Waals surface area contributed by atoms with Crippen molar-refractivity contribution < 1.29 is 33.7 Å². The number of alkyl halides is 1. The van der Waals surface area contributed by atoms with Gasteiger partial charge < -0.3 is 29.1 Å². The van der Waals surface area contributed by atoms with E-state index in [4.69, 9.17) is 14.2 Å². The highest BCUT2D eigenvalue weighted by atomic mass is 79.9. The fourth-order valence-corrected chi connectivity index (χ4v) is 6.70. The van der Waals surface area contributed by atoms with E-state index >= 15 is 0 Å². The molecule has 9 nitrogen and oxygen atoms in total. The summed E-state index contributed by atoms with van der Waals surface area (Å²) < 4.78 is 17.0. The number of carbonyl (C=O) groups is 3.